The number of aromatic nitrogens is 2. The van der Waals surface area contributed by atoms with Crippen LogP contribution in [0.25, 0.3) is 0 Å². The molecule has 2 aromatic heterocycles. The molecule has 0 aliphatic heterocycles. The smallest absolute Gasteiger partial charge is 0.186 e. The number of thiazole rings is 1. The first-order valence-corrected chi connectivity index (χ1v) is 8.69. The van der Waals surface area contributed by atoms with E-state index in [4.69, 9.17) is 0 Å². The Kier molecular flexibility index (Phi) is 5.33. The summed E-state index contributed by atoms with van der Waals surface area (Å²) in [6.45, 7) is 3.50. The zero-order valence-electron chi connectivity index (χ0n) is 13.6. The van der Waals surface area contributed by atoms with Gasteiger partial charge in [0, 0.05) is 36.3 Å². The summed E-state index contributed by atoms with van der Waals surface area (Å²) in [6, 6.07) is 16.3. The third-order valence-corrected chi connectivity index (χ3v) is 4.83. The molecule has 3 aromatic rings. The molecule has 0 fully saturated rings. The number of carbonyl (C=O) groups excluding carboxylic acids is 1. The molecule has 0 radical (unpaired) electrons. The molecule has 5 heteroatoms. The highest BCUT2D eigenvalue weighted by Crippen LogP contribution is 2.26. The number of aldehydes is 1. The van der Waals surface area contributed by atoms with Crippen LogP contribution >= 0.6 is 11.3 Å². The minimum atomic E-state index is 0.533. The van der Waals surface area contributed by atoms with Crippen molar-refractivity contribution in [3.8, 4) is 0 Å². The maximum absolute atomic E-state index is 11.1. The van der Waals surface area contributed by atoms with Gasteiger partial charge < -0.3 is 4.90 Å². The Morgan fingerprint density at radius 2 is 1.92 bits per heavy atom. The Bertz CT molecular complexity index is 787. The molecule has 0 unspecified atom stereocenters. The third-order valence-electron chi connectivity index (χ3n) is 3.78. The number of carbonyl (C=O) groups is 1. The van der Waals surface area contributed by atoms with Crippen LogP contribution in [0.4, 0.5) is 5.13 Å². The summed E-state index contributed by atoms with van der Waals surface area (Å²) in [5, 5.41) is 0.884. The molecule has 0 atom stereocenters. The van der Waals surface area contributed by atoms with Crippen molar-refractivity contribution in [2.75, 3.05) is 11.4 Å². The van der Waals surface area contributed by atoms with E-state index >= 15 is 0 Å². The summed E-state index contributed by atoms with van der Waals surface area (Å²) in [5.41, 5.74) is 2.81. The Balaban J connectivity index is 1.80. The van der Waals surface area contributed by atoms with Crippen molar-refractivity contribution in [3.05, 3.63) is 76.6 Å². The average molecular weight is 337 g/mol. The fourth-order valence-corrected chi connectivity index (χ4v) is 3.38. The van der Waals surface area contributed by atoms with E-state index in [0.29, 0.717) is 5.69 Å². The fraction of sp³-hybridized carbons (Fsp3) is 0.211. The number of hydrogen-bond donors (Lipinski definition) is 0. The molecule has 0 amide bonds. The Labute approximate surface area is 145 Å². The second kappa shape index (κ2) is 7.84. The molecule has 24 heavy (non-hydrogen) atoms. The summed E-state index contributed by atoms with van der Waals surface area (Å²) in [5.74, 6) is 0. The fourth-order valence-electron chi connectivity index (χ4n) is 2.48. The van der Waals surface area contributed by atoms with Crippen LogP contribution in [0, 0.1) is 6.92 Å². The monoisotopic (exact) mass is 337 g/mol. The zero-order chi connectivity index (χ0) is 16.8. The minimum Gasteiger partial charge on any atom is -0.343 e. The zero-order valence-corrected chi connectivity index (χ0v) is 14.4. The third kappa shape index (κ3) is 4.06. The van der Waals surface area contributed by atoms with Gasteiger partial charge >= 0.3 is 0 Å². The van der Waals surface area contributed by atoms with E-state index in [1.807, 2.05) is 49.5 Å². The van der Waals surface area contributed by atoms with Crippen LogP contribution in [0.5, 0.6) is 0 Å². The number of rotatable bonds is 7. The van der Waals surface area contributed by atoms with Crippen LogP contribution in [-0.4, -0.2) is 22.8 Å². The number of anilines is 1. The molecular weight excluding hydrogens is 318 g/mol. The summed E-state index contributed by atoms with van der Waals surface area (Å²) in [6.07, 6.45) is 3.48. The number of nitrogens with zero attached hydrogens (tertiary/aromatic N) is 3. The maximum atomic E-state index is 11.1. The van der Waals surface area contributed by atoms with Gasteiger partial charge in [0.25, 0.3) is 0 Å². The molecule has 1 aromatic carbocycles. The Morgan fingerprint density at radius 3 is 2.58 bits per heavy atom. The lowest BCUT2D eigenvalue weighted by molar-refractivity contribution is 0.111. The molecule has 0 saturated heterocycles. The molecule has 0 N–H and O–H groups in total. The standard InChI is InChI=1S/C19H19N3OS/c1-15-18(14-23)21-19(24-15)22(13-16-7-3-2-4-8-16)12-10-17-9-5-6-11-20-17/h2-9,11,14H,10,12-13H2,1H3. The predicted molar refractivity (Wildman–Crippen MR) is 97.7 cm³/mol. The first-order valence-electron chi connectivity index (χ1n) is 7.87. The van der Waals surface area contributed by atoms with Gasteiger partial charge in [0.05, 0.1) is 0 Å². The molecular formula is C19H19N3OS. The van der Waals surface area contributed by atoms with Gasteiger partial charge in [-0.3, -0.25) is 9.78 Å². The van der Waals surface area contributed by atoms with E-state index in [0.717, 1.165) is 41.5 Å². The van der Waals surface area contributed by atoms with Crippen LogP contribution in [0.1, 0.15) is 26.6 Å². The second-order valence-electron chi connectivity index (χ2n) is 5.53. The van der Waals surface area contributed by atoms with Crippen LogP contribution < -0.4 is 4.90 Å². The number of benzene rings is 1. The van der Waals surface area contributed by atoms with Crippen LogP contribution in [0.3, 0.4) is 0 Å². The van der Waals surface area contributed by atoms with Crippen molar-refractivity contribution < 1.29 is 4.79 Å². The van der Waals surface area contributed by atoms with Crippen LogP contribution in [-0.2, 0) is 13.0 Å². The molecule has 0 aliphatic rings. The molecule has 0 spiro atoms. The number of aryl methyl sites for hydroxylation is 1. The summed E-state index contributed by atoms with van der Waals surface area (Å²) in [7, 11) is 0. The SMILES string of the molecule is Cc1sc(N(CCc2ccccn2)Cc2ccccc2)nc1C=O. The number of pyridine rings is 1. The highest BCUT2D eigenvalue weighted by molar-refractivity contribution is 7.15. The highest BCUT2D eigenvalue weighted by atomic mass is 32.1. The Morgan fingerprint density at radius 1 is 1.12 bits per heavy atom. The van der Waals surface area contributed by atoms with Gasteiger partial charge in [-0.2, -0.15) is 0 Å². The quantitative estimate of drug-likeness (QED) is 0.613. The van der Waals surface area contributed by atoms with Crippen molar-refractivity contribution >= 4 is 22.8 Å². The highest BCUT2D eigenvalue weighted by Gasteiger charge is 2.15. The van der Waals surface area contributed by atoms with Gasteiger partial charge in [0.1, 0.15) is 5.69 Å². The molecule has 0 saturated carbocycles. The number of hydrogen-bond acceptors (Lipinski definition) is 5. The molecule has 4 nitrogen and oxygen atoms in total. The molecule has 0 bridgehead atoms. The molecule has 0 aliphatic carbocycles. The van der Waals surface area contributed by atoms with Crippen molar-refractivity contribution in [1.29, 1.82) is 0 Å². The lowest BCUT2D eigenvalue weighted by Crippen LogP contribution is -2.25. The summed E-state index contributed by atoms with van der Waals surface area (Å²) >= 11 is 1.56. The van der Waals surface area contributed by atoms with Gasteiger partial charge in [-0.05, 0) is 24.6 Å². The largest absolute Gasteiger partial charge is 0.343 e. The first-order chi connectivity index (χ1) is 11.8. The van der Waals surface area contributed by atoms with Crippen molar-refractivity contribution in [2.45, 2.75) is 19.9 Å². The van der Waals surface area contributed by atoms with E-state index in [-0.39, 0.29) is 0 Å². The van der Waals surface area contributed by atoms with Gasteiger partial charge in [0.2, 0.25) is 0 Å². The predicted octanol–water partition coefficient (Wildman–Crippen LogP) is 3.91. The Hall–Kier alpha value is -2.53. The van der Waals surface area contributed by atoms with E-state index in [2.05, 4.69) is 27.0 Å². The minimum absolute atomic E-state index is 0.533. The van der Waals surface area contributed by atoms with Crippen molar-refractivity contribution in [2.24, 2.45) is 0 Å². The average Bonchev–Trinajstić information content (AvgIpc) is 3.01. The summed E-state index contributed by atoms with van der Waals surface area (Å²) < 4.78 is 0. The van der Waals surface area contributed by atoms with E-state index in [9.17, 15) is 4.79 Å². The van der Waals surface area contributed by atoms with Crippen LogP contribution in [0.2, 0.25) is 0 Å². The summed E-state index contributed by atoms with van der Waals surface area (Å²) in [4.78, 5) is 23.2. The van der Waals surface area contributed by atoms with Gasteiger partial charge in [-0.25, -0.2) is 4.98 Å². The normalized spacial score (nSPS) is 10.5. The van der Waals surface area contributed by atoms with E-state index in [1.165, 1.54) is 5.56 Å². The maximum Gasteiger partial charge on any atom is 0.186 e. The molecule has 2 heterocycles. The van der Waals surface area contributed by atoms with Gasteiger partial charge in [-0.15, -0.1) is 11.3 Å². The van der Waals surface area contributed by atoms with Crippen LogP contribution in [0.15, 0.2) is 54.7 Å². The van der Waals surface area contributed by atoms with Crippen molar-refractivity contribution in [1.82, 2.24) is 9.97 Å². The first kappa shape index (κ1) is 16.3. The molecule has 122 valence electrons. The van der Waals surface area contributed by atoms with Gasteiger partial charge in [0.15, 0.2) is 11.4 Å². The lowest BCUT2D eigenvalue weighted by atomic mass is 10.2. The second-order valence-corrected chi connectivity index (χ2v) is 6.72. The van der Waals surface area contributed by atoms with Crippen molar-refractivity contribution in [3.63, 3.8) is 0 Å². The van der Waals surface area contributed by atoms with E-state index < -0.39 is 0 Å². The van der Waals surface area contributed by atoms with Gasteiger partial charge in [-0.1, -0.05) is 36.4 Å². The molecule has 3 rings (SSSR count). The lowest BCUT2D eigenvalue weighted by Gasteiger charge is -2.22. The topological polar surface area (TPSA) is 46.1 Å². The van der Waals surface area contributed by atoms with E-state index in [1.54, 1.807) is 11.3 Å².